The lowest BCUT2D eigenvalue weighted by Crippen LogP contribution is -1.87. The fourth-order valence-electron chi connectivity index (χ4n) is 0.921. The van der Waals surface area contributed by atoms with Gasteiger partial charge >= 0.3 is 0 Å². The van der Waals surface area contributed by atoms with Crippen LogP contribution in [0.2, 0.25) is 0 Å². The van der Waals surface area contributed by atoms with Crippen molar-refractivity contribution in [2.75, 3.05) is 12.3 Å². The van der Waals surface area contributed by atoms with Gasteiger partial charge in [-0.15, -0.1) is 0 Å². The van der Waals surface area contributed by atoms with Gasteiger partial charge in [0.2, 0.25) is 0 Å². The fraction of sp³-hybridized carbons (Fsp3) is 0.111. The molecule has 0 amide bonds. The van der Waals surface area contributed by atoms with Crippen molar-refractivity contribution < 1.29 is 9.50 Å². The minimum atomic E-state index is -0.368. The lowest BCUT2D eigenvalue weighted by Gasteiger charge is -1.96. The van der Waals surface area contributed by atoms with Gasteiger partial charge in [-0.05, 0) is 23.8 Å². The zero-order chi connectivity index (χ0) is 8.97. The minimum Gasteiger partial charge on any atom is -0.399 e. The van der Waals surface area contributed by atoms with Crippen LogP contribution in [0.1, 0.15) is 5.56 Å². The Bertz CT molecular complexity index is 276. The van der Waals surface area contributed by atoms with Crippen LogP contribution < -0.4 is 5.73 Å². The van der Waals surface area contributed by atoms with E-state index in [9.17, 15) is 4.39 Å². The Morgan fingerprint density at radius 3 is 2.75 bits per heavy atom. The topological polar surface area (TPSA) is 46.2 Å². The second-order valence-electron chi connectivity index (χ2n) is 2.40. The lowest BCUT2D eigenvalue weighted by molar-refractivity contribution is 0.343. The molecule has 0 saturated carbocycles. The monoisotopic (exact) mass is 167 g/mol. The average molecular weight is 167 g/mol. The van der Waals surface area contributed by atoms with Crippen molar-refractivity contribution in [1.29, 1.82) is 0 Å². The van der Waals surface area contributed by atoms with E-state index in [4.69, 9.17) is 10.8 Å². The molecule has 12 heavy (non-hydrogen) atoms. The molecule has 0 fully saturated rings. The molecule has 0 aliphatic carbocycles. The van der Waals surface area contributed by atoms with Gasteiger partial charge in [-0.1, -0.05) is 12.2 Å². The predicted octanol–water partition coefficient (Wildman–Crippen LogP) is 1.41. The maximum absolute atomic E-state index is 12.7. The van der Waals surface area contributed by atoms with Crippen molar-refractivity contribution in [3.63, 3.8) is 0 Å². The van der Waals surface area contributed by atoms with Crippen molar-refractivity contribution in [3.05, 3.63) is 35.7 Å². The van der Waals surface area contributed by atoms with E-state index in [1.807, 2.05) is 0 Å². The third-order valence-corrected chi connectivity index (χ3v) is 1.36. The summed E-state index contributed by atoms with van der Waals surface area (Å²) in [6.07, 6.45) is 3.13. The lowest BCUT2D eigenvalue weighted by atomic mass is 10.2. The molecular weight excluding hydrogens is 157 g/mol. The summed E-state index contributed by atoms with van der Waals surface area (Å²) in [5.41, 5.74) is 6.43. The van der Waals surface area contributed by atoms with Gasteiger partial charge in [-0.25, -0.2) is 4.39 Å². The van der Waals surface area contributed by atoms with Crippen molar-refractivity contribution in [1.82, 2.24) is 0 Å². The Morgan fingerprint density at radius 1 is 1.42 bits per heavy atom. The Hall–Kier alpha value is -1.35. The van der Waals surface area contributed by atoms with Gasteiger partial charge < -0.3 is 10.8 Å². The molecule has 0 radical (unpaired) electrons. The van der Waals surface area contributed by atoms with Crippen molar-refractivity contribution >= 4 is 11.8 Å². The number of aliphatic hydroxyl groups excluding tert-OH is 1. The number of hydrogen-bond donors (Lipinski definition) is 2. The van der Waals surface area contributed by atoms with Crippen LogP contribution in [0.3, 0.4) is 0 Å². The van der Waals surface area contributed by atoms with Crippen molar-refractivity contribution in [3.8, 4) is 0 Å². The van der Waals surface area contributed by atoms with Crippen LogP contribution in [-0.2, 0) is 0 Å². The Kier molecular flexibility index (Phi) is 2.82. The number of halogens is 1. The van der Waals surface area contributed by atoms with Gasteiger partial charge in [0.05, 0.1) is 6.61 Å². The molecule has 0 bridgehead atoms. The molecule has 0 aromatic heterocycles. The molecule has 3 heteroatoms. The van der Waals surface area contributed by atoms with Crippen molar-refractivity contribution in [2.24, 2.45) is 0 Å². The number of aliphatic hydroxyl groups is 1. The number of anilines is 1. The highest BCUT2D eigenvalue weighted by atomic mass is 19.1. The number of nitrogens with two attached hydrogens (primary N) is 1. The van der Waals surface area contributed by atoms with E-state index in [1.54, 1.807) is 12.1 Å². The average Bonchev–Trinajstić information content (AvgIpc) is 1.99. The summed E-state index contributed by atoms with van der Waals surface area (Å²) in [5, 5.41) is 8.45. The third-order valence-electron chi connectivity index (χ3n) is 1.36. The largest absolute Gasteiger partial charge is 0.399 e. The van der Waals surface area contributed by atoms with Crippen molar-refractivity contribution in [2.45, 2.75) is 0 Å². The Labute approximate surface area is 70.1 Å². The summed E-state index contributed by atoms with van der Waals surface area (Å²) in [5.74, 6) is -0.368. The zero-order valence-electron chi connectivity index (χ0n) is 6.50. The Balaban J connectivity index is 2.93. The summed E-state index contributed by atoms with van der Waals surface area (Å²) in [6.45, 7) is -0.0591. The van der Waals surface area contributed by atoms with Gasteiger partial charge in [0.15, 0.2) is 0 Å². The maximum Gasteiger partial charge on any atom is 0.125 e. The summed E-state index contributed by atoms with van der Waals surface area (Å²) in [6, 6.07) is 4.23. The first-order valence-electron chi connectivity index (χ1n) is 3.56. The molecule has 1 rings (SSSR count). The predicted molar refractivity (Wildman–Crippen MR) is 46.9 cm³/mol. The third kappa shape index (κ3) is 2.36. The first kappa shape index (κ1) is 8.74. The molecule has 2 nitrogen and oxygen atoms in total. The summed E-state index contributed by atoms with van der Waals surface area (Å²) >= 11 is 0. The van der Waals surface area contributed by atoms with Crippen LogP contribution in [0, 0.1) is 5.82 Å². The molecule has 0 heterocycles. The zero-order valence-corrected chi connectivity index (χ0v) is 6.50. The molecule has 3 N–H and O–H groups in total. The summed E-state index contributed by atoms with van der Waals surface area (Å²) < 4.78 is 12.7. The van der Waals surface area contributed by atoms with Crippen LogP contribution in [-0.4, -0.2) is 11.7 Å². The van der Waals surface area contributed by atoms with Crippen LogP contribution in [0.15, 0.2) is 24.3 Å². The molecule has 0 saturated heterocycles. The van der Waals surface area contributed by atoms with Crippen LogP contribution in [0.25, 0.3) is 6.08 Å². The first-order valence-corrected chi connectivity index (χ1v) is 3.56. The first-order chi connectivity index (χ1) is 5.72. The van der Waals surface area contributed by atoms with Gasteiger partial charge in [-0.2, -0.15) is 0 Å². The van der Waals surface area contributed by atoms with Gasteiger partial charge in [0.25, 0.3) is 0 Å². The van der Waals surface area contributed by atoms with Crippen LogP contribution in [0.5, 0.6) is 0 Å². The molecule has 0 aliphatic rings. The minimum absolute atomic E-state index is 0.0591. The highest BCUT2D eigenvalue weighted by Gasteiger charge is 1.93. The van der Waals surface area contributed by atoms with Crippen LogP contribution in [0.4, 0.5) is 10.1 Å². The summed E-state index contributed by atoms with van der Waals surface area (Å²) in [7, 11) is 0. The van der Waals surface area contributed by atoms with Gasteiger partial charge in [-0.3, -0.25) is 0 Å². The number of nitrogen functional groups attached to an aromatic ring is 1. The number of hydrogen-bond acceptors (Lipinski definition) is 2. The van der Waals surface area contributed by atoms with E-state index < -0.39 is 0 Å². The number of rotatable bonds is 2. The maximum atomic E-state index is 12.7. The van der Waals surface area contributed by atoms with E-state index in [0.717, 1.165) is 0 Å². The van der Waals surface area contributed by atoms with E-state index in [-0.39, 0.29) is 12.4 Å². The Morgan fingerprint density at radius 2 is 2.17 bits per heavy atom. The SMILES string of the molecule is Nc1cc(F)cc(C=CCO)c1. The molecule has 0 unspecified atom stereocenters. The second kappa shape index (κ2) is 3.88. The van der Waals surface area contributed by atoms with Gasteiger partial charge in [0, 0.05) is 5.69 Å². The van der Waals surface area contributed by atoms with Gasteiger partial charge in [0.1, 0.15) is 5.82 Å². The molecule has 1 aromatic carbocycles. The van der Waals surface area contributed by atoms with Crippen LogP contribution >= 0.6 is 0 Å². The fourth-order valence-corrected chi connectivity index (χ4v) is 0.921. The molecule has 0 spiro atoms. The highest BCUT2D eigenvalue weighted by Crippen LogP contribution is 2.11. The second-order valence-corrected chi connectivity index (χ2v) is 2.40. The van der Waals surface area contributed by atoms with E-state index >= 15 is 0 Å². The van der Waals surface area contributed by atoms with E-state index in [0.29, 0.717) is 11.3 Å². The summed E-state index contributed by atoms with van der Waals surface area (Å²) in [4.78, 5) is 0. The normalized spacial score (nSPS) is 10.8. The highest BCUT2D eigenvalue weighted by molar-refractivity contribution is 5.55. The number of benzene rings is 1. The molecule has 0 atom stereocenters. The van der Waals surface area contributed by atoms with E-state index in [1.165, 1.54) is 18.2 Å². The smallest absolute Gasteiger partial charge is 0.125 e. The molecule has 0 aliphatic heterocycles. The molecular formula is C9H10FNO. The van der Waals surface area contributed by atoms with E-state index in [2.05, 4.69) is 0 Å². The standard InChI is InChI=1S/C9H10FNO/c10-8-4-7(2-1-3-12)5-9(11)6-8/h1-2,4-6,12H,3,11H2. The molecule has 64 valence electrons. The quantitative estimate of drug-likeness (QED) is 0.654. The molecule has 1 aromatic rings.